The van der Waals surface area contributed by atoms with Gasteiger partial charge in [0, 0.05) is 6.20 Å². The van der Waals surface area contributed by atoms with Crippen molar-refractivity contribution in [1.29, 1.82) is 0 Å². The Balaban J connectivity index is 2.23. The monoisotopic (exact) mass is 216 g/mol. The molecule has 0 amide bonds. The molecule has 0 N–H and O–H groups in total. The van der Waals surface area contributed by atoms with E-state index in [0.717, 1.165) is 5.69 Å². The van der Waals surface area contributed by atoms with Crippen molar-refractivity contribution < 1.29 is 9.53 Å². The van der Waals surface area contributed by atoms with Crippen molar-refractivity contribution in [2.45, 2.75) is 6.92 Å². The Bertz CT molecular complexity index is 477. The maximum Gasteiger partial charge on any atom is 0.341 e. The second-order valence-corrected chi connectivity index (χ2v) is 3.23. The quantitative estimate of drug-likeness (QED) is 0.737. The second kappa shape index (κ2) is 4.61. The van der Waals surface area contributed by atoms with Crippen molar-refractivity contribution in [3.8, 4) is 5.69 Å². The third-order valence-corrected chi connectivity index (χ3v) is 2.11. The number of aromatic nitrogens is 2. The molecule has 2 rings (SSSR count). The average Bonchev–Trinajstić information content (AvgIpc) is 2.80. The van der Waals surface area contributed by atoms with Crippen LogP contribution in [0.1, 0.15) is 17.3 Å². The van der Waals surface area contributed by atoms with Crippen molar-refractivity contribution in [1.82, 2.24) is 9.78 Å². The van der Waals surface area contributed by atoms with E-state index in [1.54, 1.807) is 17.8 Å². The van der Waals surface area contributed by atoms with E-state index in [1.807, 2.05) is 30.3 Å². The summed E-state index contributed by atoms with van der Waals surface area (Å²) in [5.74, 6) is -0.343. The Hall–Kier alpha value is -2.10. The van der Waals surface area contributed by atoms with Gasteiger partial charge in [-0.25, -0.2) is 9.48 Å². The van der Waals surface area contributed by atoms with E-state index in [0.29, 0.717) is 12.2 Å². The Kier molecular flexibility index (Phi) is 3.00. The van der Waals surface area contributed by atoms with Crippen molar-refractivity contribution >= 4 is 5.97 Å². The molecule has 0 fully saturated rings. The van der Waals surface area contributed by atoms with Crippen LogP contribution < -0.4 is 0 Å². The number of hydrogen-bond donors (Lipinski definition) is 0. The standard InChI is InChI=1S/C12H12N2O2/c1-2-16-12(15)10-8-13-14(9-10)11-6-4-3-5-7-11/h3-9H,2H2,1H3. The summed E-state index contributed by atoms with van der Waals surface area (Å²) in [5, 5.41) is 4.11. The molecule has 0 unspecified atom stereocenters. The predicted octanol–water partition coefficient (Wildman–Crippen LogP) is 2.05. The molecule has 0 spiro atoms. The van der Waals surface area contributed by atoms with Crippen LogP contribution in [0.5, 0.6) is 0 Å². The van der Waals surface area contributed by atoms with Crippen molar-refractivity contribution in [3.63, 3.8) is 0 Å². The molecule has 0 saturated heterocycles. The molecule has 0 radical (unpaired) electrons. The summed E-state index contributed by atoms with van der Waals surface area (Å²) < 4.78 is 6.53. The lowest BCUT2D eigenvalue weighted by molar-refractivity contribution is 0.0526. The number of rotatable bonds is 3. The van der Waals surface area contributed by atoms with Gasteiger partial charge in [-0.2, -0.15) is 5.10 Å². The van der Waals surface area contributed by atoms with Crippen LogP contribution in [0, 0.1) is 0 Å². The Morgan fingerprint density at radius 2 is 2.12 bits per heavy atom. The fraction of sp³-hybridized carbons (Fsp3) is 0.167. The second-order valence-electron chi connectivity index (χ2n) is 3.23. The van der Waals surface area contributed by atoms with Crippen LogP contribution >= 0.6 is 0 Å². The number of hydrogen-bond acceptors (Lipinski definition) is 3. The molecule has 82 valence electrons. The van der Waals surface area contributed by atoms with Gasteiger partial charge in [-0.3, -0.25) is 0 Å². The van der Waals surface area contributed by atoms with Gasteiger partial charge in [0.15, 0.2) is 0 Å². The number of para-hydroxylation sites is 1. The molecule has 2 aromatic rings. The summed E-state index contributed by atoms with van der Waals surface area (Å²) in [6.45, 7) is 2.15. The molecule has 4 nitrogen and oxygen atoms in total. The zero-order chi connectivity index (χ0) is 11.4. The highest BCUT2D eigenvalue weighted by molar-refractivity contribution is 5.88. The van der Waals surface area contributed by atoms with Gasteiger partial charge in [0.1, 0.15) is 0 Å². The van der Waals surface area contributed by atoms with E-state index < -0.39 is 0 Å². The highest BCUT2D eigenvalue weighted by Gasteiger charge is 2.09. The minimum absolute atomic E-state index is 0.343. The zero-order valence-electron chi connectivity index (χ0n) is 8.96. The van der Waals surface area contributed by atoms with Gasteiger partial charge in [-0.05, 0) is 19.1 Å². The first-order valence-electron chi connectivity index (χ1n) is 5.08. The van der Waals surface area contributed by atoms with Crippen molar-refractivity contribution in [2.75, 3.05) is 6.61 Å². The molecule has 1 heterocycles. The summed E-state index contributed by atoms with van der Waals surface area (Å²) >= 11 is 0. The Morgan fingerprint density at radius 3 is 2.81 bits per heavy atom. The minimum Gasteiger partial charge on any atom is -0.462 e. The molecule has 0 atom stereocenters. The molecule has 0 aliphatic rings. The maximum atomic E-state index is 11.4. The third kappa shape index (κ3) is 2.11. The highest BCUT2D eigenvalue weighted by Crippen LogP contribution is 2.08. The number of esters is 1. The molecule has 0 saturated carbocycles. The van der Waals surface area contributed by atoms with Crippen LogP contribution in [0.3, 0.4) is 0 Å². The first kappa shape index (κ1) is 10.4. The van der Waals surface area contributed by atoms with Crippen LogP contribution in [0.2, 0.25) is 0 Å². The number of benzene rings is 1. The number of carbonyl (C=O) groups excluding carboxylic acids is 1. The van der Waals surface area contributed by atoms with Gasteiger partial charge in [0.05, 0.1) is 24.1 Å². The molecule has 16 heavy (non-hydrogen) atoms. The Labute approximate surface area is 93.5 Å². The molecule has 0 aliphatic carbocycles. The van der Waals surface area contributed by atoms with Crippen LogP contribution in [0.15, 0.2) is 42.7 Å². The highest BCUT2D eigenvalue weighted by atomic mass is 16.5. The topological polar surface area (TPSA) is 44.1 Å². The molecule has 0 aliphatic heterocycles. The van der Waals surface area contributed by atoms with Gasteiger partial charge in [0.2, 0.25) is 0 Å². The van der Waals surface area contributed by atoms with E-state index in [4.69, 9.17) is 4.74 Å². The van der Waals surface area contributed by atoms with Crippen LogP contribution in [-0.2, 0) is 4.74 Å². The summed E-state index contributed by atoms with van der Waals surface area (Å²) in [6.07, 6.45) is 3.16. The summed E-state index contributed by atoms with van der Waals surface area (Å²) in [7, 11) is 0. The lowest BCUT2D eigenvalue weighted by Crippen LogP contribution is -2.03. The maximum absolute atomic E-state index is 11.4. The first-order valence-corrected chi connectivity index (χ1v) is 5.08. The molecule has 1 aromatic heterocycles. The van der Waals surface area contributed by atoms with E-state index in [1.165, 1.54) is 6.20 Å². The van der Waals surface area contributed by atoms with Gasteiger partial charge in [-0.1, -0.05) is 18.2 Å². The van der Waals surface area contributed by atoms with E-state index in [9.17, 15) is 4.79 Å². The number of carbonyl (C=O) groups is 1. The normalized spacial score (nSPS) is 10.1. The SMILES string of the molecule is CCOC(=O)c1cnn(-c2ccccc2)c1. The summed E-state index contributed by atoms with van der Waals surface area (Å²) in [4.78, 5) is 11.4. The zero-order valence-corrected chi connectivity index (χ0v) is 8.96. The van der Waals surface area contributed by atoms with E-state index in [2.05, 4.69) is 5.10 Å². The van der Waals surface area contributed by atoms with Crippen molar-refractivity contribution in [2.24, 2.45) is 0 Å². The number of ether oxygens (including phenoxy) is 1. The first-order chi connectivity index (χ1) is 7.81. The fourth-order valence-corrected chi connectivity index (χ4v) is 1.36. The van der Waals surface area contributed by atoms with E-state index >= 15 is 0 Å². The molecular weight excluding hydrogens is 204 g/mol. The van der Waals surface area contributed by atoms with Crippen LogP contribution in [0.4, 0.5) is 0 Å². The van der Waals surface area contributed by atoms with Crippen molar-refractivity contribution in [3.05, 3.63) is 48.3 Å². The average molecular weight is 216 g/mol. The summed E-state index contributed by atoms with van der Waals surface area (Å²) in [6, 6.07) is 9.60. The van der Waals surface area contributed by atoms with Gasteiger partial charge in [0.25, 0.3) is 0 Å². The molecule has 4 heteroatoms. The Morgan fingerprint density at radius 1 is 1.38 bits per heavy atom. The molecule has 0 bridgehead atoms. The van der Waals surface area contributed by atoms with Gasteiger partial charge in [-0.15, -0.1) is 0 Å². The van der Waals surface area contributed by atoms with E-state index in [-0.39, 0.29) is 5.97 Å². The predicted molar refractivity (Wildman–Crippen MR) is 59.5 cm³/mol. The summed E-state index contributed by atoms with van der Waals surface area (Å²) in [5.41, 5.74) is 1.38. The molecular formula is C12H12N2O2. The van der Waals surface area contributed by atoms with Gasteiger partial charge < -0.3 is 4.74 Å². The van der Waals surface area contributed by atoms with Gasteiger partial charge >= 0.3 is 5.97 Å². The smallest absolute Gasteiger partial charge is 0.341 e. The third-order valence-electron chi connectivity index (χ3n) is 2.11. The number of nitrogens with zero attached hydrogens (tertiary/aromatic N) is 2. The minimum atomic E-state index is -0.343. The van der Waals surface area contributed by atoms with Crippen LogP contribution in [-0.4, -0.2) is 22.4 Å². The lowest BCUT2D eigenvalue weighted by Gasteiger charge is -1.99. The fourth-order valence-electron chi connectivity index (χ4n) is 1.36. The largest absolute Gasteiger partial charge is 0.462 e. The molecule has 1 aromatic carbocycles. The van der Waals surface area contributed by atoms with Crippen LogP contribution in [0.25, 0.3) is 5.69 Å². The lowest BCUT2D eigenvalue weighted by atomic mass is 10.3.